The molecule has 0 heterocycles. The molecule has 0 aliphatic heterocycles. The van der Waals surface area contributed by atoms with E-state index in [4.69, 9.17) is 5.53 Å². The number of esters is 1. The van der Waals surface area contributed by atoms with Gasteiger partial charge in [0.1, 0.15) is 0 Å². The summed E-state index contributed by atoms with van der Waals surface area (Å²) in [5.41, 5.74) is 8.21. The number of allylic oxidation sites excluding steroid dienone is 1. The van der Waals surface area contributed by atoms with Crippen molar-refractivity contribution in [3.8, 4) is 0 Å². The Morgan fingerprint density at radius 1 is 1.77 bits per heavy atom. The molecule has 0 aromatic carbocycles. The second-order valence-electron chi connectivity index (χ2n) is 2.89. The average Bonchev–Trinajstić information content (AvgIpc) is 2.18. The number of rotatable bonds is 2. The van der Waals surface area contributed by atoms with E-state index in [9.17, 15) is 4.79 Å². The third-order valence-corrected chi connectivity index (χ3v) is 2.04. The maximum atomic E-state index is 11.1. The van der Waals surface area contributed by atoms with Gasteiger partial charge in [-0.25, -0.2) is 0 Å². The van der Waals surface area contributed by atoms with Gasteiger partial charge in [0.2, 0.25) is 0 Å². The first-order valence-electron chi connectivity index (χ1n) is 4.06. The lowest BCUT2D eigenvalue weighted by molar-refractivity contribution is -0.145. The molecule has 0 saturated heterocycles. The Hall–Kier alpha value is -1.48. The van der Waals surface area contributed by atoms with Crippen LogP contribution in [0, 0.1) is 5.92 Å². The predicted molar refractivity (Wildman–Crippen MR) is 46.8 cm³/mol. The fraction of sp³-hybridized carbons (Fsp3) is 0.625. The van der Waals surface area contributed by atoms with E-state index in [2.05, 4.69) is 14.8 Å². The van der Waals surface area contributed by atoms with Gasteiger partial charge in [-0.05, 0) is 18.4 Å². The van der Waals surface area contributed by atoms with Crippen molar-refractivity contribution in [3.63, 3.8) is 0 Å². The molecule has 0 bridgehead atoms. The molecule has 1 aliphatic carbocycles. The summed E-state index contributed by atoms with van der Waals surface area (Å²) >= 11 is 0. The van der Waals surface area contributed by atoms with E-state index in [0.717, 1.165) is 0 Å². The third kappa shape index (κ3) is 2.49. The molecule has 5 heteroatoms. The van der Waals surface area contributed by atoms with Gasteiger partial charge in [-0.3, -0.25) is 4.79 Å². The van der Waals surface area contributed by atoms with Crippen LogP contribution in [-0.2, 0) is 9.53 Å². The number of nitrogens with zero attached hydrogens (tertiary/aromatic N) is 3. The van der Waals surface area contributed by atoms with Gasteiger partial charge in [0, 0.05) is 4.91 Å². The van der Waals surface area contributed by atoms with E-state index in [-0.39, 0.29) is 17.9 Å². The molecule has 0 N–H and O–H groups in total. The fourth-order valence-corrected chi connectivity index (χ4v) is 1.38. The smallest absolute Gasteiger partial charge is 0.308 e. The van der Waals surface area contributed by atoms with Gasteiger partial charge in [-0.2, -0.15) is 0 Å². The Labute approximate surface area is 76.0 Å². The summed E-state index contributed by atoms with van der Waals surface area (Å²) in [6, 6.07) is -0.206. The summed E-state index contributed by atoms with van der Waals surface area (Å²) in [6.07, 6.45) is 4.89. The summed E-state index contributed by atoms with van der Waals surface area (Å²) in [6.45, 7) is 0. The monoisotopic (exact) mass is 181 g/mol. The first-order valence-corrected chi connectivity index (χ1v) is 4.06. The van der Waals surface area contributed by atoms with Crippen LogP contribution in [-0.4, -0.2) is 19.1 Å². The molecule has 70 valence electrons. The molecule has 13 heavy (non-hydrogen) atoms. The fourth-order valence-electron chi connectivity index (χ4n) is 1.38. The quantitative estimate of drug-likeness (QED) is 0.214. The molecule has 0 aromatic rings. The molecular weight excluding hydrogens is 170 g/mol. The number of carbonyl (C=O) groups excluding carboxylic acids is 1. The third-order valence-electron chi connectivity index (χ3n) is 2.04. The number of ether oxygens (including phenoxy) is 1. The molecular formula is C8H11N3O2. The highest BCUT2D eigenvalue weighted by molar-refractivity contribution is 5.72. The number of methoxy groups -OCH3 is 1. The molecule has 1 aliphatic rings. The zero-order valence-corrected chi connectivity index (χ0v) is 7.38. The summed E-state index contributed by atoms with van der Waals surface area (Å²) in [5, 5.41) is 3.54. The van der Waals surface area contributed by atoms with Crippen molar-refractivity contribution in [1.29, 1.82) is 0 Å². The molecule has 0 spiro atoms. The minimum Gasteiger partial charge on any atom is -0.469 e. The van der Waals surface area contributed by atoms with E-state index < -0.39 is 0 Å². The Morgan fingerprint density at radius 2 is 2.54 bits per heavy atom. The van der Waals surface area contributed by atoms with Crippen LogP contribution in [0.4, 0.5) is 0 Å². The summed E-state index contributed by atoms with van der Waals surface area (Å²) in [5.74, 6) is -0.395. The normalized spacial score (nSPS) is 26.2. The van der Waals surface area contributed by atoms with Crippen LogP contribution < -0.4 is 0 Å². The Balaban J connectivity index is 2.60. The average molecular weight is 181 g/mol. The van der Waals surface area contributed by atoms with Gasteiger partial charge in [0.25, 0.3) is 0 Å². The molecule has 2 atom stereocenters. The molecule has 5 nitrogen and oxygen atoms in total. The zero-order chi connectivity index (χ0) is 9.68. The van der Waals surface area contributed by atoms with Crippen molar-refractivity contribution in [3.05, 3.63) is 22.6 Å². The van der Waals surface area contributed by atoms with E-state index in [1.807, 2.05) is 12.2 Å². The molecule has 0 fully saturated rings. The molecule has 0 amide bonds. The maximum absolute atomic E-state index is 11.1. The maximum Gasteiger partial charge on any atom is 0.308 e. The predicted octanol–water partition coefficient (Wildman–Crippen LogP) is 1.80. The Morgan fingerprint density at radius 3 is 3.15 bits per heavy atom. The second kappa shape index (κ2) is 4.52. The second-order valence-corrected chi connectivity index (χ2v) is 2.89. The lowest BCUT2D eigenvalue weighted by Gasteiger charge is -2.19. The van der Waals surface area contributed by atoms with Crippen LogP contribution in [0.5, 0.6) is 0 Å². The molecule has 1 rings (SSSR count). The molecule has 0 saturated carbocycles. The zero-order valence-electron chi connectivity index (χ0n) is 7.38. The van der Waals surface area contributed by atoms with Crippen molar-refractivity contribution in [2.75, 3.05) is 7.11 Å². The minimum absolute atomic E-state index is 0.162. The van der Waals surface area contributed by atoms with Gasteiger partial charge < -0.3 is 4.74 Å². The first kappa shape index (κ1) is 9.61. The van der Waals surface area contributed by atoms with Gasteiger partial charge in [0.15, 0.2) is 0 Å². The van der Waals surface area contributed by atoms with Gasteiger partial charge in [-0.1, -0.05) is 17.3 Å². The Kier molecular flexibility index (Phi) is 3.34. The van der Waals surface area contributed by atoms with Crippen LogP contribution >= 0.6 is 0 Å². The highest BCUT2D eigenvalue weighted by Gasteiger charge is 2.23. The Bertz CT molecular complexity index is 269. The number of azide groups is 1. The van der Waals surface area contributed by atoms with Crippen LogP contribution in [0.2, 0.25) is 0 Å². The van der Waals surface area contributed by atoms with Gasteiger partial charge >= 0.3 is 5.97 Å². The van der Waals surface area contributed by atoms with Crippen LogP contribution in [0.3, 0.4) is 0 Å². The molecule has 0 unspecified atom stereocenters. The van der Waals surface area contributed by atoms with Crippen molar-refractivity contribution >= 4 is 5.97 Å². The van der Waals surface area contributed by atoms with E-state index in [1.165, 1.54) is 7.11 Å². The SMILES string of the molecule is COC(=O)[C@H]1CC=C[C@@H](N=[N+]=[N-])C1. The topological polar surface area (TPSA) is 75.1 Å². The standard InChI is InChI=1S/C8H11N3O2/c1-13-8(12)6-3-2-4-7(5-6)10-11-9/h2,4,6-7H,3,5H2,1H3/t6-,7+/m0/s1. The number of carbonyl (C=O) groups is 1. The van der Waals surface area contributed by atoms with Crippen molar-refractivity contribution in [2.24, 2.45) is 11.0 Å². The van der Waals surface area contributed by atoms with E-state index >= 15 is 0 Å². The lowest BCUT2D eigenvalue weighted by Crippen LogP contribution is -2.22. The van der Waals surface area contributed by atoms with Crippen LogP contribution in [0.25, 0.3) is 10.4 Å². The minimum atomic E-state index is -0.234. The lowest BCUT2D eigenvalue weighted by atomic mass is 9.91. The first-order chi connectivity index (χ1) is 6.27. The largest absolute Gasteiger partial charge is 0.469 e. The highest BCUT2D eigenvalue weighted by Crippen LogP contribution is 2.21. The summed E-state index contributed by atoms with van der Waals surface area (Å²) in [4.78, 5) is 13.8. The summed E-state index contributed by atoms with van der Waals surface area (Å²) in [7, 11) is 1.36. The number of hydrogen-bond acceptors (Lipinski definition) is 3. The van der Waals surface area contributed by atoms with E-state index in [0.29, 0.717) is 12.8 Å². The number of hydrogen-bond donors (Lipinski definition) is 0. The summed E-state index contributed by atoms with van der Waals surface area (Å²) < 4.78 is 4.61. The van der Waals surface area contributed by atoms with E-state index in [1.54, 1.807) is 0 Å². The van der Waals surface area contributed by atoms with Gasteiger partial charge in [-0.15, -0.1) is 0 Å². The molecule has 0 aromatic heterocycles. The van der Waals surface area contributed by atoms with Crippen molar-refractivity contribution in [2.45, 2.75) is 18.9 Å². The van der Waals surface area contributed by atoms with Gasteiger partial charge in [0.05, 0.1) is 19.1 Å². The van der Waals surface area contributed by atoms with Crippen LogP contribution in [0.1, 0.15) is 12.8 Å². The van der Waals surface area contributed by atoms with Crippen molar-refractivity contribution < 1.29 is 9.53 Å². The van der Waals surface area contributed by atoms with Crippen molar-refractivity contribution in [1.82, 2.24) is 0 Å². The van der Waals surface area contributed by atoms with Crippen LogP contribution in [0.15, 0.2) is 17.3 Å². The highest BCUT2D eigenvalue weighted by atomic mass is 16.5. The molecule has 0 radical (unpaired) electrons.